The number of fused-ring (bicyclic) bond motifs is 1. The summed E-state index contributed by atoms with van der Waals surface area (Å²) in [5.74, 6) is 0.155. The van der Waals surface area contributed by atoms with Gasteiger partial charge in [0.25, 0.3) is 0 Å². The van der Waals surface area contributed by atoms with Crippen molar-refractivity contribution in [2.24, 2.45) is 17.0 Å². The molecule has 1 aromatic heterocycles. The first kappa shape index (κ1) is 20.5. The number of hydrogen-bond acceptors (Lipinski definition) is 3. The molecule has 4 aromatic carbocycles. The van der Waals surface area contributed by atoms with Gasteiger partial charge in [-0.1, -0.05) is 84.9 Å². The topological polar surface area (TPSA) is 49.9 Å². The van der Waals surface area contributed by atoms with Gasteiger partial charge in [0.05, 0.1) is 28.2 Å². The number of aromatic nitrogens is 1. The SMILES string of the molecule is Cn1c(O)c(C(=Nc2ccccc2)C(=Nc2ccccc2)c2ccccc2)c2ccccc21. The van der Waals surface area contributed by atoms with E-state index in [0.29, 0.717) is 17.0 Å². The molecular weight excluding hydrogens is 406 g/mol. The number of nitrogens with zero attached hydrogens (tertiary/aromatic N) is 3. The van der Waals surface area contributed by atoms with Crippen LogP contribution in [0.1, 0.15) is 11.1 Å². The van der Waals surface area contributed by atoms with Crippen LogP contribution in [0.15, 0.2) is 125 Å². The Hall–Kier alpha value is -4.44. The average molecular weight is 430 g/mol. The van der Waals surface area contributed by atoms with E-state index in [-0.39, 0.29) is 5.88 Å². The second kappa shape index (κ2) is 8.97. The molecule has 0 spiro atoms. The van der Waals surface area contributed by atoms with E-state index in [4.69, 9.17) is 9.98 Å². The molecule has 4 heteroatoms. The van der Waals surface area contributed by atoms with E-state index in [2.05, 4.69) is 0 Å². The van der Waals surface area contributed by atoms with Gasteiger partial charge in [0.15, 0.2) is 0 Å². The molecule has 0 aliphatic rings. The molecule has 0 saturated heterocycles. The normalized spacial score (nSPS) is 12.3. The minimum atomic E-state index is 0.155. The maximum absolute atomic E-state index is 11.3. The van der Waals surface area contributed by atoms with Gasteiger partial charge in [-0.3, -0.25) is 0 Å². The van der Waals surface area contributed by atoms with Crippen molar-refractivity contribution in [2.75, 3.05) is 0 Å². The van der Waals surface area contributed by atoms with E-state index in [1.54, 1.807) is 4.57 Å². The molecule has 33 heavy (non-hydrogen) atoms. The zero-order valence-corrected chi connectivity index (χ0v) is 18.3. The molecule has 160 valence electrons. The monoisotopic (exact) mass is 429 g/mol. The van der Waals surface area contributed by atoms with Crippen LogP contribution < -0.4 is 0 Å². The smallest absolute Gasteiger partial charge is 0.201 e. The Morgan fingerprint density at radius 3 is 1.70 bits per heavy atom. The number of benzene rings is 4. The van der Waals surface area contributed by atoms with E-state index < -0.39 is 0 Å². The summed E-state index contributed by atoms with van der Waals surface area (Å²) in [5.41, 5.74) is 5.42. The first-order valence-electron chi connectivity index (χ1n) is 10.8. The molecule has 0 bridgehead atoms. The van der Waals surface area contributed by atoms with Crippen LogP contribution >= 0.6 is 0 Å². The molecule has 1 heterocycles. The molecule has 1 N–H and O–H groups in total. The van der Waals surface area contributed by atoms with Crippen molar-refractivity contribution in [1.82, 2.24) is 4.57 Å². The van der Waals surface area contributed by atoms with Gasteiger partial charge in [-0.2, -0.15) is 0 Å². The van der Waals surface area contributed by atoms with Gasteiger partial charge in [-0.25, -0.2) is 9.98 Å². The molecule has 0 radical (unpaired) electrons. The Balaban J connectivity index is 1.85. The van der Waals surface area contributed by atoms with Crippen LogP contribution in [-0.4, -0.2) is 21.1 Å². The molecule has 0 unspecified atom stereocenters. The molecule has 0 aliphatic carbocycles. The fraction of sp³-hybridized carbons (Fsp3) is 0.0345. The summed E-state index contributed by atoms with van der Waals surface area (Å²) in [4.78, 5) is 10.1. The minimum Gasteiger partial charge on any atom is -0.494 e. The highest BCUT2D eigenvalue weighted by Gasteiger charge is 2.24. The summed E-state index contributed by atoms with van der Waals surface area (Å²) in [6.07, 6.45) is 0. The van der Waals surface area contributed by atoms with Crippen LogP contribution in [0.5, 0.6) is 5.88 Å². The van der Waals surface area contributed by atoms with Gasteiger partial charge in [0.1, 0.15) is 5.71 Å². The summed E-state index contributed by atoms with van der Waals surface area (Å²) in [5, 5.41) is 12.2. The van der Waals surface area contributed by atoms with Gasteiger partial charge < -0.3 is 9.67 Å². The van der Waals surface area contributed by atoms with Gasteiger partial charge >= 0.3 is 0 Å². The summed E-state index contributed by atoms with van der Waals surface area (Å²) in [6, 6.07) is 37.5. The Morgan fingerprint density at radius 2 is 1.09 bits per heavy atom. The third kappa shape index (κ3) is 4.06. The van der Waals surface area contributed by atoms with Crippen LogP contribution in [0.3, 0.4) is 0 Å². The zero-order valence-electron chi connectivity index (χ0n) is 18.3. The van der Waals surface area contributed by atoms with Gasteiger partial charge in [0.2, 0.25) is 5.88 Å². The first-order chi connectivity index (χ1) is 16.2. The molecule has 0 saturated carbocycles. The quantitative estimate of drug-likeness (QED) is 0.306. The lowest BCUT2D eigenvalue weighted by atomic mass is 9.98. The lowest BCUT2D eigenvalue weighted by Gasteiger charge is -2.12. The van der Waals surface area contributed by atoms with Crippen molar-refractivity contribution >= 4 is 33.7 Å². The number of hydrogen-bond donors (Lipinski definition) is 1. The van der Waals surface area contributed by atoms with Gasteiger partial charge in [0, 0.05) is 18.0 Å². The highest BCUT2D eigenvalue weighted by Crippen LogP contribution is 2.33. The summed E-state index contributed by atoms with van der Waals surface area (Å²) in [6.45, 7) is 0. The molecule has 5 aromatic rings. The van der Waals surface area contributed by atoms with Crippen LogP contribution in [0.4, 0.5) is 11.4 Å². The van der Waals surface area contributed by atoms with Crippen molar-refractivity contribution in [3.8, 4) is 5.88 Å². The van der Waals surface area contributed by atoms with Crippen molar-refractivity contribution in [3.05, 3.63) is 126 Å². The summed E-state index contributed by atoms with van der Waals surface area (Å²) < 4.78 is 1.79. The van der Waals surface area contributed by atoms with Crippen LogP contribution in [0, 0.1) is 0 Å². The highest BCUT2D eigenvalue weighted by molar-refractivity contribution is 6.56. The van der Waals surface area contributed by atoms with Crippen LogP contribution in [0.2, 0.25) is 0 Å². The second-order valence-electron chi connectivity index (χ2n) is 7.73. The number of aliphatic imine (C=N–C) groups is 2. The average Bonchev–Trinajstić information content (AvgIpc) is 3.13. The lowest BCUT2D eigenvalue weighted by molar-refractivity contribution is 0.434. The maximum Gasteiger partial charge on any atom is 0.201 e. The number of aromatic hydroxyl groups is 1. The van der Waals surface area contributed by atoms with E-state index in [1.165, 1.54) is 0 Å². The highest BCUT2D eigenvalue weighted by atomic mass is 16.3. The first-order valence-corrected chi connectivity index (χ1v) is 10.8. The fourth-order valence-electron chi connectivity index (χ4n) is 3.95. The predicted molar refractivity (Wildman–Crippen MR) is 136 cm³/mol. The zero-order chi connectivity index (χ0) is 22.6. The van der Waals surface area contributed by atoms with Crippen molar-refractivity contribution in [1.29, 1.82) is 0 Å². The number of para-hydroxylation sites is 3. The van der Waals surface area contributed by atoms with Gasteiger partial charge in [-0.15, -0.1) is 0 Å². The van der Waals surface area contributed by atoms with Crippen LogP contribution in [0.25, 0.3) is 10.9 Å². The third-order valence-corrected chi connectivity index (χ3v) is 5.58. The number of rotatable bonds is 5. The molecule has 0 amide bonds. The van der Waals surface area contributed by atoms with Crippen molar-refractivity contribution < 1.29 is 5.11 Å². The largest absolute Gasteiger partial charge is 0.494 e. The Morgan fingerprint density at radius 1 is 0.606 bits per heavy atom. The maximum atomic E-state index is 11.3. The van der Waals surface area contributed by atoms with Crippen molar-refractivity contribution in [2.45, 2.75) is 0 Å². The second-order valence-corrected chi connectivity index (χ2v) is 7.73. The molecular formula is C29H23N3O. The molecule has 4 nitrogen and oxygen atoms in total. The number of aryl methyl sites for hydroxylation is 1. The fourth-order valence-corrected chi connectivity index (χ4v) is 3.95. The van der Waals surface area contributed by atoms with E-state index in [0.717, 1.165) is 27.8 Å². The third-order valence-electron chi connectivity index (χ3n) is 5.58. The van der Waals surface area contributed by atoms with Crippen molar-refractivity contribution in [3.63, 3.8) is 0 Å². The van der Waals surface area contributed by atoms with Crippen LogP contribution in [-0.2, 0) is 7.05 Å². The van der Waals surface area contributed by atoms with E-state index >= 15 is 0 Å². The molecule has 5 rings (SSSR count). The Kier molecular flexibility index (Phi) is 5.56. The minimum absolute atomic E-state index is 0.155. The van der Waals surface area contributed by atoms with Gasteiger partial charge in [-0.05, 0) is 30.3 Å². The summed E-state index contributed by atoms with van der Waals surface area (Å²) in [7, 11) is 1.86. The van der Waals surface area contributed by atoms with E-state index in [9.17, 15) is 5.11 Å². The standard InChI is InChI=1S/C29H23N3O/c1-32-25-20-12-11-19-24(25)26(29(32)33)28(31-23-17-9-4-10-18-23)27(21-13-5-2-6-14-21)30-22-15-7-3-8-16-22/h2-20,33H,1H3. The molecule has 0 atom stereocenters. The Bertz CT molecular complexity index is 1450. The Labute approximate surface area is 192 Å². The van der Waals surface area contributed by atoms with E-state index in [1.807, 2.05) is 122 Å². The lowest BCUT2D eigenvalue weighted by Crippen LogP contribution is -2.17. The molecule has 0 aliphatic heterocycles. The summed E-state index contributed by atoms with van der Waals surface area (Å²) >= 11 is 0. The predicted octanol–water partition coefficient (Wildman–Crippen LogP) is 6.83. The molecule has 0 fully saturated rings.